The van der Waals surface area contributed by atoms with Crippen LogP contribution in [0, 0.1) is 5.82 Å². The molecule has 0 saturated heterocycles. The number of alkyl halides is 3. The van der Waals surface area contributed by atoms with Gasteiger partial charge >= 0.3 is 6.18 Å². The molecule has 100 valence electrons. The summed E-state index contributed by atoms with van der Waals surface area (Å²) in [6.07, 6.45) is -4.57. The summed E-state index contributed by atoms with van der Waals surface area (Å²) < 4.78 is 49.2. The third-order valence-corrected chi connectivity index (χ3v) is 2.37. The van der Waals surface area contributed by atoms with Crippen molar-refractivity contribution >= 4 is 5.91 Å². The Kier molecular flexibility index (Phi) is 4.69. The fourth-order valence-electron chi connectivity index (χ4n) is 1.48. The summed E-state index contributed by atoms with van der Waals surface area (Å²) in [6, 6.07) is 5.11. The van der Waals surface area contributed by atoms with Crippen LogP contribution in [-0.2, 0) is 11.2 Å². The molecule has 1 rings (SSSR count). The van der Waals surface area contributed by atoms with Gasteiger partial charge in [-0.2, -0.15) is 13.2 Å². The lowest BCUT2D eigenvalue weighted by molar-refractivity contribution is -0.160. The Labute approximate surface area is 102 Å². The molecule has 1 amide bonds. The molecule has 0 N–H and O–H groups in total. The number of likely N-dealkylation sites (N-methyl/N-ethyl adjacent to an activating group) is 1. The molecule has 0 aliphatic carbocycles. The number of carbonyl (C=O) groups excluding carboxylic acids is 1. The van der Waals surface area contributed by atoms with Crippen molar-refractivity contribution in [2.24, 2.45) is 0 Å². The molecule has 0 saturated carbocycles. The Morgan fingerprint density at radius 1 is 1.22 bits per heavy atom. The number of benzene rings is 1. The molecule has 0 atom stereocenters. The molecule has 0 radical (unpaired) electrons. The van der Waals surface area contributed by atoms with Gasteiger partial charge < -0.3 is 4.90 Å². The van der Waals surface area contributed by atoms with E-state index in [1.54, 1.807) is 0 Å². The van der Waals surface area contributed by atoms with E-state index >= 15 is 0 Å². The first-order valence-electron chi connectivity index (χ1n) is 5.41. The quantitative estimate of drug-likeness (QED) is 0.765. The van der Waals surface area contributed by atoms with Crippen LogP contribution >= 0.6 is 0 Å². The van der Waals surface area contributed by atoms with Crippen molar-refractivity contribution in [3.63, 3.8) is 0 Å². The van der Waals surface area contributed by atoms with Gasteiger partial charge in [0.25, 0.3) is 0 Å². The second-order valence-corrected chi connectivity index (χ2v) is 3.83. The normalized spacial score (nSPS) is 11.4. The third kappa shape index (κ3) is 4.73. The summed E-state index contributed by atoms with van der Waals surface area (Å²) in [5, 5.41) is 0. The largest absolute Gasteiger partial charge is 0.406 e. The number of halogens is 4. The number of rotatable bonds is 4. The maximum absolute atomic E-state index is 12.6. The molecule has 6 heteroatoms. The fraction of sp³-hybridized carbons (Fsp3) is 0.417. The van der Waals surface area contributed by atoms with Crippen LogP contribution < -0.4 is 0 Å². The van der Waals surface area contributed by atoms with Crippen LogP contribution in [0.4, 0.5) is 17.6 Å². The van der Waals surface area contributed by atoms with Gasteiger partial charge in [-0.1, -0.05) is 12.1 Å². The summed E-state index contributed by atoms with van der Waals surface area (Å²) in [5.41, 5.74) is 0.488. The van der Waals surface area contributed by atoms with Crippen molar-refractivity contribution < 1.29 is 22.4 Å². The minimum Gasteiger partial charge on any atom is -0.334 e. The van der Waals surface area contributed by atoms with E-state index in [1.165, 1.54) is 31.2 Å². The molecule has 18 heavy (non-hydrogen) atoms. The van der Waals surface area contributed by atoms with Crippen LogP contribution in [0.15, 0.2) is 24.3 Å². The highest BCUT2D eigenvalue weighted by Gasteiger charge is 2.32. The Hall–Kier alpha value is -1.59. The highest BCUT2D eigenvalue weighted by Crippen LogP contribution is 2.17. The zero-order valence-electron chi connectivity index (χ0n) is 9.80. The number of nitrogens with zero attached hydrogens (tertiary/aromatic N) is 1. The third-order valence-electron chi connectivity index (χ3n) is 2.37. The van der Waals surface area contributed by atoms with Gasteiger partial charge in [-0.05, 0) is 24.6 Å². The average Bonchev–Trinajstić information content (AvgIpc) is 2.27. The van der Waals surface area contributed by atoms with E-state index in [0.717, 1.165) is 4.90 Å². The van der Waals surface area contributed by atoms with Crippen LogP contribution in [0.25, 0.3) is 0 Å². The monoisotopic (exact) mass is 263 g/mol. The van der Waals surface area contributed by atoms with E-state index in [0.29, 0.717) is 5.56 Å². The van der Waals surface area contributed by atoms with Gasteiger partial charge in [0.1, 0.15) is 12.4 Å². The van der Waals surface area contributed by atoms with Gasteiger partial charge in [0.2, 0.25) is 5.91 Å². The summed E-state index contributed by atoms with van der Waals surface area (Å²) in [5.74, 6) is -1.07. The van der Waals surface area contributed by atoms with Crippen LogP contribution in [0.2, 0.25) is 0 Å². The molecule has 0 unspecified atom stereocenters. The Morgan fingerprint density at radius 2 is 1.78 bits per heavy atom. The zero-order valence-corrected chi connectivity index (χ0v) is 9.80. The van der Waals surface area contributed by atoms with E-state index in [9.17, 15) is 22.4 Å². The van der Waals surface area contributed by atoms with Gasteiger partial charge in [0.15, 0.2) is 0 Å². The Morgan fingerprint density at radius 3 is 2.22 bits per heavy atom. The predicted molar refractivity (Wildman–Crippen MR) is 58.4 cm³/mol. The minimum atomic E-state index is -4.41. The van der Waals surface area contributed by atoms with E-state index in [-0.39, 0.29) is 13.0 Å². The standard InChI is InChI=1S/C12H13F4NO/c1-2-17(8-12(14,15)16)11(18)7-9-3-5-10(13)6-4-9/h3-6H,2,7-8H2,1H3. The molecule has 0 spiro atoms. The van der Waals surface area contributed by atoms with Crippen molar-refractivity contribution in [1.82, 2.24) is 4.90 Å². The van der Waals surface area contributed by atoms with Crippen molar-refractivity contribution in [1.29, 1.82) is 0 Å². The molecule has 0 aromatic heterocycles. The average molecular weight is 263 g/mol. The number of carbonyl (C=O) groups is 1. The van der Waals surface area contributed by atoms with E-state index < -0.39 is 24.4 Å². The first kappa shape index (κ1) is 14.5. The molecule has 0 bridgehead atoms. The molecule has 0 aliphatic rings. The molecule has 0 heterocycles. The predicted octanol–water partition coefficient (Wildman–Crippen LogP) is 2.78. The van der Waals surface area contributed by atoms with E-state index in [2.05, 4.69) is 0 Å². The van der Waals surface area contributed by atoms with Crippen LogP contribution in [-0.4, -0.2) is 30.1 Å². The first-order chi connectivity index (χ1) is 8.31. The Balaban J connectivity index is 2.65. The van der Waals surface area contributed by atoms with Crippen molar-refractivity contribution in [2.45, 2.75) is 19.5 Å². The van der Waals surface area contributed by atoms with Gasteiger partial charge in [-0.3, -0.25) is 4.79 Å². The van der Waals surface area contributed by atoms with Crippen LogP contribution in [0.5, 0.6) is 0 Å². The highest BCUT2D eigenvalue weighted by molar-refractivity contribution is 5.78. The molecular formula is C12H13F4NO. The van der Waals surface area contributed by atoms with Crippen LogP contribution in [0.3, 0.4) is 0 Å². The minimum absolute atomic E-state index is 0.0143. The lowest BCUT2D eigenvalue weighted by atomic mass is 10.1. The Bertz CT molecular complexity index is 400. The van der Waals surface area contributed by atoms with Gasteiger partial charge in [-0.25, -0.2) is 4.39 Å². The second-order valence-electron chi connectivity index (χ2n) is 3.83. The van der Waals surface area contributed by atoms with E-state index in [4.69, 9.17) is 0 Å². The lowest BCUT2D eigenvalue weighted by Gasteiger charge is -2.22. The maximum atomic E-state index is 12.6. The lowest BCUT2D eigenvalue weighted by Crippen LogP contribution is -2.39. The molecule has 0 aliphatic heterocycles. The number of hydrogen-bond donors (Lipinski definition) is 0. The van der Waals surface area contributed by atoms with Crippen molar-refractivity contribution in [3.05, 3.63) is 35.6 Å². The SMILES string of the molecule is CCN(CC(F)(F)F)C(=O)Cc1ccc(F)cc1. The fourth-order valence-corrected chi connectivity index (χ4v) is 1.48. The molecule has 2 nitrogen and oxygen atoms in total. The van der Waals surface area contributed by atoms with E-state index in [1.807, 2.05) is 0 Å². The summed E-state index contributed by atoms with van der Waals surface area (Å²) in [4.78, 5) is 12.4. The van der Waals surface area contributed by atoms with Gasteiger partial charge in [-0.15, -0.1) is 0 Å². The molecule has 1 aromatic carbocycles. The zero-order chi connectivity index (χ0) is 13.8. The topological polar surface area (TPSA) is 20.3 Å². The highest BCUT2D eigenvalue weighted by atomic mass is 19.4. The van der Waals surface area contributed by atoms with Crippen molar-refractivity contribution in [3.8, 4) is 0 Å². The summed E-state index contributed by atoms with van der Waals surface area (Å²) in [7, 11) is 0. The smallest absolute Gasteiger partial charge is 0.334 e. The summed E-state index contributed by atoms with van der Waals surface area (Å²) >= 11 is 0. The maximum Gasteiger partial charge on any atom is 0.406 e. The van der Waals surface area contributed by atoms with Crippen LogP contribution in [0.1, 0.15) is 12.5 Å². The van der Waals surface area contributed by atoms with Crippen molar-refractivity contribution in [2.75, 3.05) is 13.1 Å². The van der Waals surface area contributed by atoms with Gasteiger partial charge in [0, 0.05) is 6.54 Å². The molecule has 0 fully saturated rings. The molecular weight excluding hydrogens is 250 g/mol. The number of hydrogen-bond acceptors (Lipinski definition) is 1. The summed E-state index contributed by atoms with van der Waals surface area (Å²) in [6.45, 7) is 0.206. The number of amides is 1. The second kappa shape index (κ2) is 5.84. The molecule has 1 aromatic rings. The first-order valence-corrected chi connectivity index (χ1v) is 5.41. The van der Waals surface area contributed by atoms with Gasteiger partial charge in [0.05, 0.1) is 6.42 Å².